The Hall–Kier alpha value is -1.80. The minimum absolute atomic E-state index is 0. The van der Waals surface area contributed by atoms with E-state index in [1.165, 1.54) is 11.1 Å². The molecule has 0 radical (unpaired) electrons. The average Bonchev–Trinajstić information content (AvgIpc) is 3.36. The fraction of sp³-hybridized carbons (Fsp3) is 0.435. The van der Waals surface area contributed by atoms with Crippen LogP contribution in [0.1, 0.15) is 17.5 Å². The summed E-state index contributed by atoms with van der Waals surface area (Å²) in [5.74, 6) is 2.53. The van der Waals surface area contributed by atoms with E-state index in [4.69, 9.17) is 9.47 Å². The Morgan fingerprint density at radius 2 is 1.97 bits per heavy atom. The average molecular weight is 507 g/mol. The monoisotopic (exact) mass is 507 g/mol. The van der Waals surface area contributed by atoms with Gasteiger partial charge >= 0.3 is 0 Å². The predicted octanol–water partition coefficient (Wildman–Crippen LogP) is 3.72. The van der Waals surface area contributed by atoms with Gasteiger partial charge in [0.1, 0.15) is 11.9 Å². The van der Waals surface area contributed by atoms with Crippen molar-refractivity contribution in [1.29, 1.82) is 0 Å². The van der Waals surface area contributed by atoms with Crippen LogP contribution in [0, 0.1) is 5.92 Å². The number of benzene rings is 2. The fourth-order valence-electron chi connectivity index (χ4n) is 3.98. The van der Waals surface area contributed by atoms with Crippen LogP contribution in [0.3, 0.4) is 0 Å². The predicted molar refractivity (Wildman–Crippen MR) is 127 cm³/mol. The van der Waals surface area contributed by atoms with E-state index in [-0.39, 0.29) is 30.1 Å². The van der Waals surface area contributed by atoms with Gasteiger partial charge in [-0.15, -0.1) is 24.0 Å². The van der Waals surface area contributed by atoms with Crippen molar-refractivity contribution in [2.45, 2.75) is 25.6 Å². The van der Waals surface area contributed by atoms with Crippen LogP contribution >= 0.6 is 24.0 Å². The smallest absolute Gasteiger partial charge is 0.193 e. The lowest BCUT2D eigenvalue weighted by atomic mass is 10.1. The van der Waals surface area contributed by atoms with Crippen molar-refractivity contribution in [3.63, 3.8) is 0 Å². The highest BCUT2D eigenvalue weighted by Gasteiger charge is 2.27. The number of nitrogens with one attached hydrogen (secondary N) is 1. The summed E-state index contributed by atoms with van der Waals surface area (Å²) in [6, 6.07) is 18.6. The van der Waals surface area contributed by atoms with Gasteiger partial charge in [0.2, 0.25) is 0 Å². The van der Waals surface area contributed by atoms with Crippen LogP contribution in [-0.4, -0.2) is 50.3 Å². The molecule has 1 N–H and O–H groups in total. The summed E-state index contributed by atoms with van der Waals surface area (Å²) in [4.78, 5) is 6.81. The second-order valence-corrected chi connectivity index (χ2v) is 7.58. The summed E-state index contributed by atoms with van der Waals surface area (Å²) < 4.78 is 12.0. The molecule has 2 unspecified atom stereocenters. The second kappa shape index (κ2) is 10.8. The Balaban J connectivity index is 0.00000240. The third kappa shape index (κ3) is 5.85. The molecule has 4 rings (SSSR count). The highest BCUT2D eigenvalue weighted by Crippen LogP contribution is 2.27. The number of para-hydroxylation sites is 1. The van der Waals surface area contributed by atoms with Gasteiger partial charge in [-0.05, 0) is 23.6 Å². The van der Waals surface area contributed by atoms with Crippen molar-refractivity contribution < 1.29 is 9.47 Å². The molecule has 29 heavy (non-hydrogen) atoms. The first kappa shape index (κ1) is 21.9. The number of aliphatic imine (C=N–C) groups is 1. The van der Waals surface area contributed by atoms with Crippen LogP contribution in [-0.2, 0) is 17.8 Å². The Morgan fingerprint density at radius 3 is 2.76 bits per heavy atom. The number of likely N-dealkylation sites (tertiary alicyclic amines) is 1. The topological polar surface area (TPSA) is 46.1 Å². The minimum atomic E-state index is 0. The quantitative estimate of drug-likeness (QED) is 0.368. The zero-order valence-electron chi connectivity index (χ0n) is 16.9. The number of hydrogen-bond donors (Lipinski definition) is 1. The van der Waals surface area contributed by atoms with Gasteiger partial charge in [-0.2, -0.15) is 0 Å². The Kier molecular flexibility index (Phi) is 8.18. The number of guanidine groups is 1. The molecule has 2 aromatic rings. The minimum Gasteiger partial charge on any atom is -0.488 e. The Morgan fingerprint density at radius 1 is 1.17 bits per heavy atom. The van der Waals surface area contributed by atoms with E-state index >= 15 is 0 Å². The number of rotatable bonds is 6. The van der Waals surface area contributed by atoms with Crippen LogP contribution in [0.4, 0.5) is 0 Å². The Bertz CT molecular complexity index is 775. The van der Waals surface area contributed by atoms with Crippen molar-refractivity contribution in [2.24, 2.45) is 10.9 Å². The van der Waals surface area contributed by atoms with Crippen molar-refractivity contribution in [2.75, 3.05) is 33.3 Å². The maximum absolute atomic E-state index is 6.02. The third-order valence-electron chi connectivity index (χ3n) is 5.46. The van der Waals surface area contributed by atoms with Crippen LogP contribution in [0.25, 0.3) is 0 Å². The maximum atomic E-state index is 6.02. The summed E-state index contributed by atoms with van der Waals surface area (Å²) >= 11 is 0. The zero-order valence-corrected chi connectivity index (χ0v) is 19.3. The number of nitrogens with zero attached hydrogens (tertiary/aromatic N) is 2. The molecule has 0 aromatic heterocycles. The molecular weight excluding hydrogens is 477 g/mol. The molecule has 2 aliphatic heterocycles. The highest BCUT2D eigenvalue weighted by atomic mass is 127. The molecule has 2 aromatic carbocycles. The molecule has 156 valence electrons. The van der Waals surface area contributed by atoms with E-state index < -0.39 is 0 Å². The molecule has 0 amide bonds. The lowest BCUT2D eigenvalue weighted by molar-refractivity contribution is 0.0906. The van der Waals surface area contributed by atoms with Crippen molar-refractivity contribution >= 4 is 29.9 Å². The lowest BCUT2D eigenvalue weighted by Gasteiger charge is -2.23. The number of halogens is 1. The van der Waals surface area contributed by atoms with Gasteiger partial charge in [0.25, 0.3) is 0 Å². The Labute approximate surface area is 190 Å². The second-order valence-electron chi connectivity index (χ2n) is 7.58. The lowest BCUT2D eigenvalue weighted by Crippen LogP contribution is -2.44. The summed E-state index contributed by atoms with van der Waals surface area (Å²) in [5.41, 5.74) is 2.52. The van der Waals surface area contributed by atoms with E-state index in [1.807, 2.05) is 25.2 Å². The van der Waals surface area contributed by atoms with Gasteiger partial charge in [-0.3, -0.25) is 4.99 Å². The van der Waals surface area contributed by atoms with Crippen LogP contribution < -0.4 is 10.1 Å². The summed E-state index contributed by atoms with van der Waals surface area (Å²) in [7, 11) is 1.85. The first-order valence-corrected chi connectivity index (χ1v) is 10.1. The summed E-state index contributed by atoms with van der Waals surface area (Å²) in [5, 5.41) is 3.50. The largest absolute Gasteiger partial charge is 0.488 e. The van der Waals surface area contributed by atoms with E-state index in [2.05, 4.69) is 51.6 Å². The number of hydrogen-bond acceptors (Lipinski definition) is 3. The van der Waals surface area contributed by atoms with Crippen LogP contribution in [0.15, 0.2) is 59.6 Å². The highest BCUT2D eigenvalue weighted by molar-refractivity contribution is 14.0. The normalized spacial score (nSPS) is 20.7. The van der Waals surface area contributed by atoms with Gasteiger partial charge in [0.15, 0.2) is 5.96 Å². The van der Waals surface area contributed by atoms with Crippen molar-refractivity contribution in [1.82, 2.24) is 10.2 Å². The van der Waals surface area contributed by atoms with E-state index in [1.54, 1.807) is 0 Å². The zero-order chi connectivity index (χ0) is 19.2. The summed E-state index contributed by atoms with van der Waals surface area (Å²) in [6.07, 6.45) is 2.26. The number of fused-ring (bicyclic) bond motifs is 1. The third-order valence-corrected chi connectivity index (χ3v) is 5.46. The standard InChI is InChI=1S/C23H29N3O2.HI/c1-24-23(25-14-21-13-20-9-5-6-10-22(20)28-21)26-12-11-19(15-26)17-27-16-18-7-3-2-4-8-18;/h2-10,19,21H,11-17H2,1H3,(H,24,25);1H. The van der Waals surface area contributed by atoms with Gasteiger partial charge in [0.05, 0.1) is 19.8 Å². The van der Waals surface area contributed by atoms with Gasteiger partial charge in [0, 0.05) is 32.5 Å². The molecular formula is C23H30IN3O2. The molecule has 5 nitrogen and oxygen atoms in total. The molecule has 0 spiro atoms. The molecule has 0 bridgehead atoms. The first-order valence-electron chi connectivity index (χ1n) is 10.1. The van der Waals surface area contributed by atoms with Crippen LogP contribution in [0.5, 0.6) is 5.75 Å². The molecule has 6 heteroatoms. The molecule has 2 aliphatic rings. The van der Waals surface area contributed by atoms with Crippen molar-refractivity contribution in [3.05, 3.63) is 65.7 Å². The van der Waals surface area contributed by atoms with Crippen LogP contribution in [0.2, 0.25) is 0 Å². The summed E-state index contributed by atoms with van der Waals surface area (Å²) in [6.45, 7) is 4.26. The van der Waals surface area contributed by atoms with Gasteiger partial charge in [-0.25, -0.2) is 0 Å². The van der Waals surface area contributed by atoms with Crippen molar-refractivity contribution in [3.8, 4) is 5.75 Å². The molecule has 0 saturated carbocycles. The molecule has 0 aliphatic carbocycles. The van der Waals surface area contributed by atoms with Gasteiger partial charge in [-0.1, -0.05) is 48.5 Å². The van der Waals surface area contributed by atoms with Gasteiger partial charge < -0.3 is 19.7 Å². The molecule has 1 fully saturated rings. The fourth-order valence-corrected chi connectivity index (χ4v) is 3.98. The molecule has 2 atom stereocenters. The van der Waals surface area contributed by atoms with E-state index in [0.717, 1.165) is 50.8 Å². The SMILES string of the molecule is CN=C(NCC1Cc2ccccc2O1)N1CCC(COCc2ccccc2)C1.I. The maximum Gasteiger partial charge on any atom is 0.193 e. The molecule has 1 saturated heterocycles. The van der Waals surface area contributed by atoms with E-state index in [0.29, 0.717) is 12.5 Å². The first-order chi connectivity index (χ1) is 13.8. The molecule has 2 heterocycles. The van der Waals surface area contributed by atoms with E-state index in [9.17, 15) is 0 Å². The number of ether oxygens (including phenoxy) is 2.